The van der Waals surface area contributed by atoms with E-state index in [-0.39, 0.29) is 30.4 Å². The number of ether oxygens (including phenoxy) is 1. The van der Waals surface area contributed by atoms with Crippen LogP contribution in [-0.4, -0.2) is 108 Å². The van der Waals surface area contributed by atoms with Crippen molar-refractivity contribution in [3.05, 3.63) is 35.9 Å². The molecule has 0 aromatic heterocycles. The van der Waals surface area contributed by atoms with E-state index in [2.05, 4.69) is 10.2 Å². The number of nitrogens with one attached hydrogen (secondary N) is 1. The fourth-order valence-corrected chi connectivity index (χ4v) is 4.39. The predicted molar refractivity (Wildman–Crippen MR) is 119 cm³/mol. The standard InChI is InChI=1S/C23H31N5O5/c29-20-7-6-19(24-20)22(31)27-10-8-25(9-11-27)16-21(30)26-12-14-28(15-13-26)23(32)33-17-18-4-2-1-3-5-18/h1-5,19H,6-17H2,(H,24,29). The smallest absolute Gasteiger partial charge is 0.410 e. The highest BCUT2D eigenvalue weighted by molar-refractivity contribution is 5.90. The lowest BCUT2D eigenvalue weighted by molar-refractivity contribution is -0.137. The van der Waals surface area contributed by atoms with Crippen LogP contribution in [0.1, 0.15) is 18.4 Å². The van der Waals surface area contributed by atoms with Gasteiger partial charge in [0.15, 0.2) is 0 Å². The zero-order valence-corrected chi connectivity index (χ0v) is 18.8. The van der Waals surface area contributed by atoms with E-state index < -0.39 is 6.04 Å². The highest BCUT2D eigenvalue weighted by atomic mass is 16.6. The summed E-state index contributed by atoms with van der Waals surface area (Å²) in [6, 6.07) is 9.14. The van der Waals surface area contributed by atoms with Gasteiger partial charge in [-0.3, -0.25) is 19.3 Å². The lowest BCUT2D eigenvalue weighted by Gasteiger charge is -2.38. The van der Waals surface area contributed by atoms with Crippen molar-refractivity contribution in [3.63, 3.8) is 0 Å². The molecular weight excluding hydrogens is 426 g/mol. The molecule has 0 saturated carbocycles. The van der Waals surface area contributed by atoms with E-state index in [1.165, 1.54) is 0 Å². The lowest BCUT2D eigenvalue weighted by atomic mass is 10.2. The zero-order valence-electron chi connectivity index (χ0n) is 18.8. The van der Waals surface area contributed by atoms with Crippen molar-refractivity contribution < 1.29 is 23.9 Å². The maximum Gasteiger partial charge on any atom is 0.410 e. The fraction of sp³-hybridized carbons (Fsp3) is 0.565. The van der Waals surface area contributed by atoms with Crippen molar-refractivity contribution in [2.24, 2.45) is 0 Å². The molecule has 3 aliphatic rings. The van der Waals surface area contributed by atoms with Crippen molar-refractivity contribution >= 4 is 23.8 Å². The summed E-state index contributed by atoms with van der Waals surface area (Å²) in [6.07, 6.45) is 0.607. The zero-order chi connectivity index (χ0) is 23.2. The topological polar surface area (TPSA) is 103 Å². The van der Waals surface area contributed by atoms with Gasteiger partial charge in [0.05, 0.1) is 6.54 Å². The van der Waals surface area contributed by atoms with Crippen LogP contribution in [0.5, 0.6) is 0 Å². The van der Waals surface area contributed by atoms with Gasteiger partial charge >= 0.3 is 6.09 Å². The predicted octanol–water partition coefficient (Wildman–Crippen LogP) is -0.110. The second-order valence-electron chi connectivity index (χ2n) is 8.67. The number of carbonyl (C=O) groups excluding carboxylic acids is 4. The third-order valence-electron chi connectivity index (χ3n) is 6.43. The van der Waals surface area contributed by atoms with Crippen molar-refractivity contribution in [2.75, 3.05) is 58.9 Å². The van der Waals surface area contributed by atoms with E-state index in [1.54, 1.807) is 14.7 Å². The first-order chi connectivity index (χ1) is 16.0. The van der Waals surface area contributed by atoms with E-state index in [4.69, 9.17) is 4.74 Å². The van der Waals surface area contributed by atoms with Crippen LogP contribution in [0.25, 0.3) is 0 Å². The van der Waals surface area contributed by atoms with Crippen LogP contribution < -0.4 is 5.32 Å². The molecule has 1 unspecified atom stereocenters. The van der Waals surface area contributed by atoms with Crippen LogP contribution in [0.2, 0.25) is 0 Å². The van der Waals surface area contributed by atoms with Gasteiger partial charge in [-0.1, -0.05) is 30.3 Å². The van der Waals surface area contributed by atoms with Gasteiger partial charge in [0.1, 0.15) is 12.6 Å². The molecule has 4 amide bonds. The van der Waals surface area contributed by atoms with Crippen LogP contribution in [0.4, 0.5) is 4.79 Å². The Morgan fingerprint density at radius 1 is 0.879 bits per heavy atom. The summed E-state index contributed by atoms with van der Waals surface area (Å²) in [5.41, 5.74) is 0.939. The van der Waals surface area contributed by atoms with Crippen LogP contribution in [0, 0.1) is 0 Å². The summed E-state index contributed by atoms with van der Waals surface area (Å²) in [4.78, 5) is 56.2. The molecule has 10 heteroatoms. The minimum atomic E-state index is -0.402. The first-order valence-electron chi connectivity index (χ1n) is 11.5. The number of carbonyl (C=O) groups is 4. The van der Waals surface area contributed by atoms with E-state index in [0.29, 0.717) is 71.7 Å². The molecule has 1 N–H and O–H groups in total. The second kappa shape index (κ2) is 10.7. The molecule has 0 aliphatic carbocycles. The van der Waals surface area contributed by atoms with Crippen LogP contribution in [0.15, 0.2) is 30.3 Å². The van der Waals surface area contributed by atoms with Gasteiger partial charge in [-0.05, 0) is 12.0 Å². The number of amides is 4. The Hall–Kier alpha value is -3.14. The minimum Gasteiger partial charge on any atom is -0.445 e. The first-order valence-corrected chi connectivity index (χ1v) is 11.5. The van der Waals surface area contributed by atoms with Gasteiger partial charge in [-0.15, -0.1) is 0 Å². The largest absolute Gasteiger partial charge is 0.445 e. The summed E-state index contributed by atoms with van der Waals surface area (Å²) in [5.74, 6) is -0.0561. The lowest BCUT2D eigenvalue weighted by Crippen LogP contribution is -2.56. The average molecular weight is 458 g/mol. The quantitative estimate of drug-likeness (QED) is 0.662. The second-order valence-corrected chi connectivity index (χ2v) is 8.67. The van der Waals surface area contributed by atoms with Crippen LogP contribution >= 0.6 is 0 Å². The number of piperazine rings is 2. The molecule has 178 valence electrons. The maximum absolute atomic E-state index is 12.7. The molecule has 1 atom stereocenters. The third-order valence-corrected chi connectivity index (χ3v) is 6.43. The Labute approximate surface area is 193 Å². The van der Waals surface area contributed by atoms with Gasteiger partial charge in [-0.25, -0.2) is 4.79 Å². The molecule has 0 bridgehead atoms. The summed E-state index contributed by atoms with van der Waals surface area (Å²) in [5, 5.41) is 2.72. The molecule has 1 aromatic rings. The van der Waals surface area contributed by atoms with Gasteiger partial charge in [-0.2, -0.15) is 0 Å². The van der Waals surface area contributed by atoms with E-state index >= 15 is 0 Å². The van der Waals surface area contributed by atoms with Crippen LogP contribution in [0.3, 0.4) is 0 Å². The Balaban J connectivity index is 1.14. The molecule has 4 rings (SSSR count). The molecule has 1 aromatic carbocycles. The Bertz CT molecular complexity index is 863. The molecule has 10 nitrogen and oxygen atoms in total. The number of nitrogens with zero attached hydrogens (tertiary/aromatic N) is 4. The van der Waals surface area contributed by atoms with E-state index in [1.807, 2.05) is 30.3 Å². The number of hydrogen-bond donors (Lipinski definition) is 1. The highest BCUT2D eigenvalue weighted by Crippen LogP contribution is 2.13. The minimum absolute atomic E-state index is 0.0258. The van der Waals surface area contributed by atoms with Crippen molar-refractivity contribution in [3.8, 4) is 0 Å². The molecule has 0 spiro atoms. The highest BCUT2D eigenvalue weighted by Gasteiger charge is 2.33. The average Bonchev–Trinajstić information content (AvgIpc) is 3.29. The Morgan fingerprint density at radius 3 is 2.15 bits per heavy atom. The molecule has 3 fully saturated rings. The normalized spacial score (nSPS) is 21.6. The molecule has 0 radical (unpaired) electrons. The van der Waals surface area contributed by atoms with Gasteiger partial charge in [0.25, 0.3) is 0 Å². The van der Waals surface area contributed by atoms with E-state index in [9.17, 15) is 19.2 Å². The first kappa shape index (κ1) is 23.0. The van der Waals surface area contributed by atoms with Gasteiger partial charge in [0.2, 0.25) is 17.7 Å². The molecule has 33 heavy (non-hydrogen) atoms. The summed E-state index contributed by atoms with van der Waals surface area (Å²) < 4.78 is 5.38. The van der Waals surface area contributed by atoms with E-state index in [0.717, 1.165) is 5.56 Å². The van der Waals surface area contributed by atoms with Gasteiger partial charge < -0.3 is 24.8 Å². The molecule has 3 heterocycles. The number of benzene rings is 1. The monoisotopic (exact) mass is 457 g/mol. The Morgan fingerprint density at radius 2 is 1.52 bits per heavy atom. The van der Waals surface area contributed by atoms with Crippen molar-refractivity contribution in [1.82, 2.24) is 24.9 Å². The molecule has 3 saturated heterocycles. The number of hydrogen-bond acceptors (Lipinski definition) is 6. The fourth-order valence-electron chi connectivity index (χ4n) is 4.39. The number of rotatable bonds is 5. The summed E-state index contributed by atoms with van der Waals surface area (Å²) in [6.45, 7) is 4.79. The molecule has 3 aliphatic heterocycles. The Kier molecular flexibility index (Phi) is 7.43. The SMILES string of the molecule is O=C1CCC(C(=O)N2CCN(CC(=O)N3CCN(C(=O)OCc4ccccc4)CC3)CC2)N1. The van der Waals surface area contributed by atoms with Crippen molar-refractivity contribution in [1.29, 1.82) is 0 Å². The third kappa shape index (κ3) is 6.01. The maximum atomic E-state index is 12.7. The van der Waals surface area contributed by atoms with Gasteiger partial charge in [0, 0.05) is 58.8 Å². The molecular formula is C23H31N5O5. The summed E-state index contributed by atoms with van der Waals surface area (Å²) in [7, 11) is 0. The van der Waals surface area contributed by atoms with Crippen LogP contribution in [-0.2, 0) is 25.7 Å². The van der Waals surface area contributed by atoms with Crippen molar-refractivity contribution in [2.45, 2.75) is 25.5 Å². The summed E-state index contributed by atoms with van der Waals surface area (Å²) >= 11 is 0.